The molecule has 1 aliphatic heterocycles. The van der Waals surface area contributed by atoms with Crippen LogP contribution in [0.5, 0.6) is 0 Å². The highest BCUT2D eigenvalue weighted by Gasteiger charge is 2.46. The van der Waals surface area contributed by atoms with Crippen molar-refractivity contribution in [2.75, 3.05) is 12.3 Å². The average molecular weight is 515 g/mol. The Balaban J connectivity index is 1.50. The van der Waals surface area contributed by atoms with Gasteiger partial charge >= 0.3 is 0 Å². The van der Waals surface area contributed by atoms with E-state index in [9.17, 15) is 4.57 Å². The van der Waals surface area contributed by atoms with E-state index in [-0.39, 0.29) is 12.2 Å². The van der Waals surface area contributed by atoms with Gasteiger partial charge in [-0.25, -0.2) is 0 Å². The Morgan fingerprint density at radius 1 is 0.639 bits per heavy atom. The number of rotatable bonds is 8. The van der Waals surface area contributed by atoms with Crippen molar-refractivity contribution in [3.63, 3.8) is 0 Å². The number of hydrogen-bond acceptors (Lipinski definition) is 3. The predicted molar refractivity (Wildman–Crippen MR) is 152 cm³/mol. The molecule has 1 aliphatic rings. The summed E-state index contributed by atoms with van der Waals surface area (Å²) in [6, 6.07) is 41.0. The summed E-state index contributed by atoms with van der Waals surface area (Å²) in [6.07, 6.45) is 0.749. The molecule has 0 amide bonds. The van der Waals surface area contributed by atoms with E-state index in [0.717, 1.165) is 16.8 Å². The van der Waals surface area contributed by atoms with Crippen LogP contribution in [0, 0.1) is 0 Å². The third-order valence-electron chi connectivity index (χ3n) is 6.57. The second-order valence-corrected chi connectivity index (χ2v) is 14.7. The minimum atomic E-state index is -2.95. The lowest BCUT2D eigenvalue weighted by Gasteiger charge is -2.27. The van der Waals surface area contributed by atoms with Crippen molar-refractivity contribution in [3.05, 3.63) is 121 Å². The van der Waals surface area contributed by atoms with Crippen LogP contribution in [0.2, 0.25) is 0 Å². The standard InChI is InChI=1S/C31H32O3P2/c1-31(2)33-29(23-35(25-15-7-3-8-16-25)26-17-9-4-10-18-26)30(34-31)24-36(32,27-19-11-5-12-20-27)28-21-13-6-14-22-28/h3-22,29-30H,23-24H2,1-2H3. The summed E-state index contributed by atoms with van der Waals surface area (Å²) in [6.45, 7) is 3.92. The van der Waals surface area contributed by atoms with E-state index < -0.39 is 20.9 Å². The third kappa shape index (κ3) is 5.56. The summed E-state index contributed by atoms with van der Waals surface area (Å²) in [5.41, 5.74) is 0. The Morgan fingerprint density at radius 3 is 1.47 bits per heavy atom. The molecule has 0 spiro atoms. The lowest BCUT2D eigenvalue weighted by Crippen LogP contribution is -2.34. The van der Waals surface area contributed by atoms with Crippen molar-refractivity contribution < 1.29 is 14.0 Å². The molecule has 5 rings (SSSR count). The minimum absolute atomic E-state index is 0.174. The summed E-state index contributed by atoms with van der Waals surface area (Å²) in [5.74, 6) is -0.734. The summed E-state index contributed by atoms with van der Waals surface area (Å²) in [7, 11) is -3.63. The molecule has 1 heterocycles. The van der Waals surface area contributed by atoms with Crippen molar-refractivity contribution in [3.8, 4) is 0 Å². The maximum Gasteiger partial charge on any atom is 0.163 e. The first kappa shape index (κ1) is 25.1. The second-order valence-electron chi connectivity index (χ2n) is 9.59. The number of benzene rings is 4. The van der Waals surface area contributed by atoms with Crippen LogP contribution in [-0.4, -0.2) is 30.3 Å². The topological polar surface area (TPSA) is 35.5 Å². The molecule has 4 aromatic carbocycles. The molecule has 0 N–H and O–H groups in total. The molecule has 5 heteroatoms. The summed E-state index contributed by atoms with van der Waals surface area (Å²) < 4.78 is 27.8. The highest BCUT2D eigenvalue weighted by Crippen LogP contribution is 2.48. The first-order valence-electron chi connectivity index (χ1n) is 12.4. The lowest BCUT2D eigenvalue weighted by molar-refractivity contribution is -0.142. The van der Waals surface area contributed by atoms with Crippen LogP contribution in [0.15, 0.2) is 121 Å². The van der Waals surface area contributed by atoms with E-state index in [1.54, 1.807) is 0 Å². The van der Waals surface area contributed by atoms with Gasteiger partial charge in [0, 0.05) is 22.9 Å². The van der Waals surface area contributed by atoms with Gasteiger partial charge in [0.25, 0.3) is 0 Å². The van der Waals surface area contributed by atoms with E-state index in [4.69, 9.17) is 9.47 Å². The fourth-order valence-electron chi connectivity index (χ4n) is 4.92. The molecule has 184 valence electrons. The van der Waals surface area contributed by atoms with Crippen molar-refractivity contribution in [2.45, 2.75) is 31.8 Å². The van der Waals surface area contributed by atoms with Gasteiger partial charge in [0.2, 0.25) is 0 Å². The van der Waals surface area contributed by atoms with Gasteiger partial charge in [-0.05, 0) is 32.4 Å². The molecule has 0 aliphatic carbocycles. The van der Waals surface area contributed by atoms with Gasteiger partial charge in [0.15, 0.2) is 5.79 Å². The predicted octanol–water partition coefficient (Wildman–Crippen LogP) is 5.65. The monoisotopic (exact) mass is 514 g/mol. The molecular formula is C31H32O3P2. The van der Waals surface area contributed by atoms with Gasteiger partial charge in [-0.1, -0.05) is 121 Å². The van der Waals surface area contributed by atoms with E-state index in [1.807, 2.05) is 74.5 Å². The van der Waals surface area contributed by atoms with E-state index in [1.165, 1.54) is 10.6 Å². The second kappa shape index (κ2) is 10.8. The maximum atomic E-state index is 14.8. The molecule has 36 heavy (non-hydrogen) atoms. The molecular weight excluding hydrogens is 482 g/mol. The molecule has 4 aromatic rings. The number of ether oxygens (including phenoxy) is 2. The van der Waals surface area contributed by atoms with Crippen LogP contribution in [0.4, 0.5) is 0 Å². The highest BCUT2D eigenvalue weighted by atomic mass is 31.2. The highest BCUT2D eigenvalue weighted by molar-refractivity contribution is 7.78. The van der Waals surface area contributed by atoms with Gasteiger partial charge in [-0.2, -0.15) is 0 Å². The maximum absolute atomic E-state index is 14.8. The molecule has 2 unspecified atom stereocenters. The Labute approximate surface area is 215 Å². The first-order valence-corrected chi connectivity index (χ1v) is 15.8. The van der Waals surface area contributed by atoms with Crippen molar-refractivity contribution in [2.24, 2.45) is 0 Å². The Morgan fingerprint density at radius 2 is 1.03 bits per heavy atom. The van der Waals surface area contributed by atoms with Crippen molar-refractivity contribution >= 4 is 36.3 Å². The summed E-state index contributed by atoms with van der Waals surface area (Å²) >= 11 is 0. The molecule has 1 fully saturated rings. The van der Waals surface area contributed by atoms with Crippen LogP contribution in [0.25, 0.3) is 0 Å². The Bertz CT molecular complexity index is 1210. The Kier molecular flexibility index (Phi) is 7.56. The van der Waals surface area contributed by atoms with E-state index >= 15 is 0 Å². The van der Waals surface area contributed by atoms with Crippen LogP contribution in [0.3, 0.4) is 0 Å². The van der Waals surface area contributed by atoms with Gasteiger partial charge < -0.3 is 14.0 Å². The third-order valence-corrected chi connectivity index (χ3v) is 12.3. The molecule has 3 nitrogen and oxygen atoms in total. The van der Waals surface area contributed by atoms with Crippen molar-refractivity contribution in [1.82, 2.24) is 0 Å². The SMILES string of the molecule is CC1(C)OC(CP(c2ccccc2)c2ccccc2)C(CP(=O)(c2ccccc2)c2ccccc2)O1. The minimum Gasteiger partial charge on any atom is -0.344 e. The molecule has 0 bridgehead atoms. The van der Waals surface area contributed by atoms with Crippen LogP contribution >= 0.6 is 15.1 Å². The van der Waals surface area contributed by atoms with Gasteiger partial charge in [0.05, 0.1) is 12.2 Å². The average Bonchev–Trinajstić information content (AvgIpc) is 3.21. The normalized spacial score (nSPS) is 19.4. The fraction of sp³-hybridized carbons (Fsp3) is 0.226. The lowest BCUT2D eigenvalue weighted by atomic mass is 10.3. The Hall–Kier alpha value is -2.54. The largest absolute Gasteiger partial charge is 0.344 e. The number of hydrogen-bond donors (Lipinski definition) is 0. The molecule has 0 radical (unpaired) electrons. The van der Waals surface area contributed by atoms with Crippen LogP contribution < -0.4 is 21.2 Å². The molecule has 0 saturated carbocycles. The summed E-state index contributed by atoms with van der Waals surface area (Å²) in [4.78, 5) is 0. The zero-order chi connectivity index (χ0) is 25.0. The van der Waals surface area contributed by atoms with Crippen LogP contribution in [0.1, 0.15) is 13.8 Å². The van der Waals surface area contributed by atoms with Crippen molar-refractivity contribution in [1.29, 1.82) is 0 Å². The van der Waals surface area contributed by atoms with E-state index in [0.29, 0.717) is 6.16 Å². The quantitative estimate of drug-likeness (QED) is 0.285. The summed E-state index contributed by atoms with van der Waals surface area (Å²) in [5, 5.41) is 4.33. The molecule has 2 atom stereocenters. The van der Waals surface area contributed by atoms with Gasteiger partial charge in [-0.3, -0.25) is 0 Å². The smallest absolute Gasteiger partial charge is 0.163 e. The molecule has 1 saturated heterocycles. The zero-order valence-electron chi connectivity index (χ0n) is 20.7. The fourth-order valence-corrected chi connectivity index (χ4v) is 10.2. The zero-order valence-corrected chi connectivity index (χ0v) is 22.5. The van der Waals surface area contributed by atoms with Gasteiger partial charge in [-0.15, -0.1) is 0 Å². The molecule has 0 aromatic heterocycles. The van der Waals surface area contributed by atoms with E-state index in [2.05, 4.69) is 60.7 Å². The first-order chi connectivity index (χ1) is 17.4. The van der Waals surface area contributed by atoms with Gasteiger partial charge in [0.1, 0.15) is 7.14 Å². The van der Waals surface area contributed by atoms with Crippen LogP contribution in [-0.2, 0) is 14.0 Å².